The molecule has 4 heterocycles. The van der Waals surface area contributed by atoms with E-state index in [0.29, 0.717) is 55.9 Å². The number of carbonyl (C=O) groups is 1. The van der Waals surface area contributed by atoms with Gasteiger partial charge >= 0.3 is 0 Å². The van der Waals surface area contributed by atoms with E-state index >= 15 is 0 Å². The van der Waals surface area contributed by atoms with Crippen molar-refractivity contribution in [2.45, 2.75) is 37.5 Å². The fourth-order valence-electron chi connectivity index (χ4n) is 4.55. The number of imidazole rings is 1. The SMILES string of the molecule is Nc1ncnc2c1ncn2[C@@H]1O[C@H](C(=O)N2CCCN(Cc3ccccc3F)CC2)[C@@H](O)[C@H]1O. The minimum Gasteiger partial charge on any atom is -0.387 e. The molecule has 0 bridgehead atoms. The smallest absolute Gasteiger partial charge is 0.254 e. The van der Waals surface area contributed by atoms with E-state index in [2.05, 4.69) is 19.9 Å². The molecule has 4 N–H and O–H groups in total. The van der Waals surface area contributed by atoms with Gasteiger partial charge in [0.25, 0.3) is 5.91 Å². The van der Waals surface area contributed by atoms with Gasteiger partial charge in [0.05, 0.1) is 6.33 Å². The minimum atomic E-state index is -1.42. The van der Waals surface area contributed by atoms with Crippen LogP contribution >= 0.6 is 0 Å². The van der Waals surface area contributed by atoms with E-state index in [1.54, 1.807) is 23.1 Å². The zero-order valence-electron chi connectivity index (χ0n) is 18.4. The fourth-order valence-corrected chi connectivity index (χ4v) is 4.55. The Morgan fingerprint density at radius 1 is 1.12 bits per heavy atom. The van der Waals surface area contributed by atoms with Crippen LogP contribution in [0.4, 0.5) is 10.2 Å². The van der Waals surface area contributed by atoms with Crippen LogP contribution in [0.5, 0.6) is 0 Å². The summed E-state index contributed by atoms with van der Waals surface area (Å²) in [5.74, 6) is -0.476. The lowest BCUT2D eigenvalue weighted by Crippen LogP contribution is -2.46. The molecule has 2 fully saturated rings. The molecule has 2 aliphatic heterocycles. The van der Waals surface area contributed by atoms with Crippen molar-refractivity contribution in [2.75, 3.05) is 31.9 Å². The maximum atomic E-state index is 14.0. The summed E-state index contributed by atoms with van der Waals surface area (Å²) in [5, 5.41) is 21.3. The molecule has 11 nitrogen and oxygen atoms in total. The lowest BCUT2D eigenvalue weighted by Gasteiger charge is -2.25. The lowest BCUT2D eigenvalue weighted by atomic mass is 10.1. The fraction of sp³-hybridized carbons (Fsp3) is 0.455. The first-order valence-electron chi connectivity index (χ1n) is 11.1. The number of benzene rings is 1. The number of hydrogen-bond acceptors (Lipinski definition) is 9. The Labute approximate surface area is 194 Å². The Balaban J connectivity index is 1.27. The van der Waals surface area contributed by atoms with E-state index in [0.717, 1.165) is 0 Å². The van der Waals surface area contributed by atoms with Gasteiger partial charge in [0.15, 0.2) is 23.8 Å². The molecule has 5 rings (SSSR count). The van der Waals surface area contributed by atoms with Gasteiger partial charge in [-0.2, -0.15) is 0 Å². The largest absolute Gasteiger partial charge is 0.387 e. The summed E-state index contributed by atoms with van der Waals surface area (Å²) in [7, 11) is 0. The first kappa shape index (κ1) is 22.6. The molecular formula is C22H26FN7O4. The van der Waals surface area contributed by atoms with Gasteiger partial charge in [0, 0.05) is 38.3 Å². The van der Waals surface area contributed by atoms with Crippen LogP contribution in [0.1, 0.15) is 18.2 Å². The van der Waals surface area contributed by atoms with Gasteiger partial charge in [0.2, 0.25) is 0 Å². The Kier molecular flexibility index (Phi) is 6.13. The molecule has 1 amide bonds. The lowest BCUT2D eigenvalue weighted by molar-refractivity contribution is -0.148. The zero-order chi connectivity index (χ0) is 23.8. The summed E-state index contributed by atoms with van der Waals surface area (Å²) < 4.78 is 21.3. The van der Waals surface area contributed by atoms with E-state index < -0.39 is 30.4 Å². The maximum Gasteiger partial charge on any atom is 0.254 e. The minimum absolute atomic E-state index is 0.175. The predicted molar refractivity (Wildman–Crippen MR) is 119 cm³/mol. The highest BCUT2D eigenvalue weighted by molar-refractivity contribution is 5.83. The van der Waals surface area contributed by atoms with Crippen molar-refractivity contribution >= 4 is 22.9 Å². The molecule has 0 radical (unpaired) electrons. The first-order valence-corrected chi connectivity index (χ1v) is 11.1. The molecule has 34 heavy (non-hydrogen) atoms. The molecule has 3 aromatic rings. The van der Waals surface area contributed by atoms with Crippen LogP contribution < -0.4 is 5.73 Å². The maximum absolute atomic E-state index is 14.0. The number of fused-ring (bicyclic) bond motifs is 1. The summed E-state index contributed by atoms with van der Waals surface area (Å²) >= 11 is 0. The van der Waals surface area contributed by atoms with Crippen LogP contribution in [-0.2, 0) is 16.1 Å². The molecule has 180 valence electrons. The van der Waals surface area contributed by atoms with Crippen LogP contribution in [0.2, 0.25) is 0 Å². The van der Waals surface area contributed by atoms with Crippen molar-refractivity contribution < 1.29 is 24.1 Å². The van der Waals surface area contributed by atoms with Crippen molar-refractivity contribution in [3.8, 4) is 0 Å². The van der Waals surface area contributed by atoms with E-state index in [9.17, 15) is 19.4 Å². The number of hydrogen-bond donors (Lipinski definition) is 3. The number of aromatic nitrogens is 4. The van der Waals surface area contributed by atoms with Crippen LogP contribution in [0.25, 0.3) is 11.2 Å². The molecule has 0 saturated carbocycles. The van der Waals surface area contributed by atoms with Gasteiger partial charge in [-0.3, -0.25) is 14.3 Å². The number of nitrogen functional groups attached to an aromatic ring is 1. The normalized spacial score (nSPS) is 26.1. The standard InChI is InChI=1S/C22H26FN7O4/c23-14-5-2-1-4-13(14)10-28-6-3-7-29(9-8-28)21(33)18-16(31)17(32)22(34-18)30-12-27-15-19(24)25-11-26-20(15)30/h1-2,4-5,11-12,16-18,22,31-32H,3,6-10H2,(H2,24,25,26)/t16-,17+,18-,22+/m0/s1. The number of rotatable bonds is 4. The summed E-state index contributed by atoms with van der Waals surface area (Å²) in [6, 6.07) is 6.65. The van der Waals surface area contributed by atoms with Crippen molar-refractivity contribution in [2.24, 2.45) is 0 Å². The average Bonchev–Trinajstić information content (AvgIpc) is 3.29. The second-order valence-corrected chi connectivity index (χ2v) is 8.56. The highest BCUT2D eigenvalue weighted by Crippen LogP contribution is 2.33. The number of aliphatic hydroxyl groups is 2. The number of carbonyl (C=O) groups excluding carboxylic acids is 1. The summed E-state index contributed by atoms with van der Waals surface area (Å²) in [6.45, 7) is 2.59. The molecule has 2 aromatic heterocycles. The number of halogens is 1. The van der Waals surface area contributed by atoms with Gasteiger partial charge < -0.3 is 25.6 Å². The first-order chi connectivity index (χ1) is 16.4. The monoisotopic (exact) mass is 471 g/mol. The Hall–Kier alpha value is -3.19. The second-order valence-electron chi connectivity index (χ2n) is 8.56. The Morgan fingerprint density at radius 2 is 1.94 bits per heavy atom. The average molecular weight is 471 g/mol. The van der Waals surface area contributed by atoms with Crippen LogP contribution in [0, 0.1) is 5.82 Å². The predicted octanol–water partition coefficient (Wildman–Crippen LogP) is -0.0987. The summed E-state index contributed by atoms with van der Waals surface area (Å²) in [6.07, 6.45) is -1.75. The Bertz CT molecular complexity index is 1190. The van der Waals surface area contributed by atoms with Crippen molar-refractivity contribution in [3.63, 3.8) is 0 Å². The molecular weight excluding hydrogens is 445 g/mol. The summed E-state index contributed by atoms with van der Waals surface area (Å²) in [4.78, 5) is 29.1. The molecule has 2 aliphatic rings. The second kappa shape index (κ2) is 9.22. The molecule has 0 spiro atoms. The van der Waals surface area contributed by atoms with E-state index in [1.165, 1.54) is 23.3 Å². The molecule has 4 atom stereocenters. The van der Waals surface area contributed by atoms with Crippen molar-refractivity contribution in [3.05, 3.63) is 48.3 Å². The third-order valence-electron chi connectivity index (χ3n) is 6.39. The number of aliphatic hydroxyl groups excluding tert-OH is 2. The Morgan fingerprint density at radius 3 is 2.76 bits per heavy atom. The summed E-state index contributed by atoms with van der Waals surface area (Å²) in [5.41, 5.74) is 7.10. The third-order valence-corrected chi connectivity index (χ3v) is 6.39. The van der Waals surface area contributed by atoms with Gasteiger partial charge in [-0.15, -0.1) is 0 Å². The van der Waals surface area contributed by atoms with E-state index in [-0.39, 0.29) is 11.6 Å². The number of anilines is 1. The number of nitrogens with two attached hydrogens (primary N) is 1. The van der Waals surface area contributed by atoms with Crippen LogP contribution in [-0.4, -0.2) is 89.9 Å². The number of nitrogens with zero attached hydrogens (tertiary/aromatic N) is 6. The molecule has 12 heteroatoms. The van der Waals surface area contributed by atoms with Crippen LogP contribution in [0.3, 0.4) is 0 Å². The number of amides is 1. The van der Waals surface area contributed by atoms with Crippen molar-refractivity contribution in [1.82, 2.24) is 29.3 Å². The highest BCUT2D eigenvalue weighted by Gasteiger charge is 2.49. The molecule has 0 unspecified atom stereocenters. The third kappa shape index (κ3) is 4.09. The number of ether oxygens (including phenoxy) is 1. The van der Waals surface area contributed by atoms with E-state index in [4.69, 9.17) is 10.5 Å². The van der Waals surface area contributed by atoms with Crippen molar-refractivity contribution in [1.29, 1.82) is 0 Å². The van der Waals surface area contributed by atoms with Crippen LogP contribution in [0.15, 0.2) is 36.9 Å². The van der Waals surface area contributed by atoms with Gasteiger partial charge in [0.1, 0.15) is 29.9 Å². The topological polar surface area (TPSA) is 143 Å². The molecule has 0 aliphatic carbocycles. The van der Waals surface area contributed by atoms with E-state index in [1.807, 2.05) is 0 Å². The highest BCUT2D eigenvalue weighted by atomic mass is 19.1. The molecule has 2 saturated heterocycles. The molecule has 1 aromatic carbocycles. The quantitative estimate of drug-likeness (QED) is 0.475. The van der Waals surface area contributed by atoms with Gasteiger partial charge in [-0.25, -0.2) is 19.3 Å². The zero-order valence-corrected chi connectivity index (χ0v) is 18.4. The van der Waals surface area contributed by atoms with Gasteiger partial charge in [-0.05, 0) is 12.5 Å². The van der Waals surface area contributed by atoms with Gasteiger partial charge in [-0.1, -0.05) is 18.2 Å².